The van der Waals surface area contributed by atoms with Crippen molar-refractivity contribution < 1.29 is 9.53 Å². The zero-order chi connectivity index (χ0) is 13.3. The topological polar surface area (TPSA) is 38.3 Å². The molecule has 1 N–H and O–H groups in total. The summed E-state index contributed by atoms with van der Waals surface area (Å²) < 4.78 is 5.40. The highest BCUT2D eigenvalue weighted by atomic mass is 16.5. The molecule has 1 aliphatic heterocycles. The van der Waals surface area contributed by atoms with Crippen molar-refractivity contribution in [3.8, 4) is 5.75 Å². The first-order valence-electron chi connectivity index (χ1n) is 6.48. The highest BCUT2D eigenvalue weighted by Crippen LogP contribution is 2.30. The van der Waals surface area contributed by atoms with Crippen LogP contribution < -0.4 is 10.1 Å². The molecule has 1 heterocycles. The molecular weight excluding hydrogens is 226 g/mol. The van der Waals surface area contributed by atoms with Crippen LogP contribution in [0, 0.1) is 12.8 Å². The average molecular weight is 247 g/mol. The molecule has 3 nitrogen and oxygen atoms in total. The molecule has 1 aliphatic rings. The number of rotatable bonds is 4. The molecule has 0 aromatic heterocycles. The Morgan fingerprint density at radius 2 is 2.06 bits per heavy atom. The number of nitrogens with one attached hydrogen (secondary N) is 1. The minimum absolute atomic E-state index is 0.150. The molecule has 0 saturated carbocycles. The van der Waals surface area contributed by atoms with Gasteiger partial charge in [-0.15, -0.1) is 0 Å². The second kappa shape index (κ2) is 5.11. The van der Waals surface area contributed by atoms with Crippen LogP contribution in [-0.4, -0.2) is 26.0 Å². The molecule has 0 spiro atoms. The molecule has 3 heteroatoms. The van der Waals surface area contributed by atoms with Crippen LogP contribution in [0.4, 0.5) is 0 Å². The maximum absolute atomic E-state index is 12.3. The van der Waals surface area contributed by atoms with E-state index in [2.05, 4.69) is 19.2 Å². The van der Waals surface area contributed by atoms with Crippen molar-refractivity contribution in [1.29, 1.82) is 0 Å². The predicted octanol–water partition coefficient (Wildman–Crippen LogP) is 2.53. The van der Waals surface area contributed by atoms with E-state index in [0.717, 1.165) is 35.5 Å². The number of benzene rings is 1. The Balaban J connectivity index is 2.40. The minimum Gasteiger partial charge on any atom is -0.496 e. The Labute approximate surface area is 109 Å². The van der Waals surface area contributed by atoms with E-state index >= 15 is 0 Å². The van der Waals surface area contributed by atoms with Gasteiger partial charge < -0.3 is 10.1 Å². The molecule has 2 rings (SSSR count). The summed E-state index contributed by atoms with van der Waals surface area (Å²) in [6, 6.07) is 3.99. The van der Waals surface area contributed by atoms with Crippen molar-refractivity contribution in [2.75, 3.05) is 20.2 Å². The lowest BCUT2D eigenvalue weighted by Gasteiger charge is -2.27. The lowest BCUT2D eigenvalue weighted by molar-refractivity contribution is 0.0877. The quantitative estimate of drug-likeness (QED) is 0.831. The first kappa shape index (κ1) is 13.1. The molecular formula is C15H21NO2. The fraction of sp³-hybridized carbons (Fsp3) is 0.533. The molecule has 98 valence electrons. The maximum atomic E-state index is 12.3. The maximum Gasteiger partial charge on any atom is 0.168 e. The van der Waals surface area contributed by atoms with Crippen LogP contribution >= 0.6 is 0 Å². The van der Waals surface area contributed by atoms with Crippen molar-refractivity contribution in [2.45, 2.75) is 26.7 Å². The third kappa shape index (κ3) is 2.27. The zero-order valence-corrected chi connectivity index (χ0v) is 11.5. The molecule has 0 unspecified atom stereocenters. The molecule has 0 atom stereocenters. The summed E-state index contributed by atoms with van der Waals surface area (Å²) in [7, 11) is 1.68. The van der Waals surface area contributed by atoms with Crippen LogP contribution in [0.3, 0.4) is 0 Å². The summed E-state index contributed by atoms with van der Waals surface area (Å²) >= 11 is 0. The van der Waals surface area contributed by atoms with Crippen molar-refractivity contribution in [3.63, 3.8) is 0 Å². The molecule has 1 fully saturated rings. The van der Waals surface area contributed by atoms with Crippen LogP contribution in [0.15, 0.2) is 12.1 Å². The summed E-state index contributed by atoms with van der Waals surface area (Å²) in [5, 5.41) is 3.15. The van der Waals surface area contributed by atoms with Gasteiger partial charge in [0, 0.05) is 24.6 Å². The lowest BCUT2D eigenvalue weighted by atomic mass is 9.87. The van der Waals surface area contributed by atoms with Crippen molar-refractivity contribution in [3.05, 3.63) is 28.8 Å². The van der Waals surface area contributed by atoms with E-state index in [-0.39, 0.29) is 11.7 Å². The number of aryl methyl sites for hydroxylation is 1. The summed E-state index contributed by atoms with van der Waals surface area (Å²) in [5.74, 6) is 1.64. The number of carbonyl (C=O) groups is 1. The number of methoxy groups -OCH3 is 1. The van der Waals surface area contributed by atoms with E-state index in [1.165, 1.54) is 0 Å². The third-order valence-electron chi connectivity index (χ3n) is 3.62. The number of ether oxygens (including phenoxy) is 1. The van der Waals surface area contributed by atoms with Crippen molar-refractivity contribution in [1.82, 2.24) is 5.32 Å². The summed E-state index contributed by atoms with van der Waals surface area (Å²) in [6.07, 6.45) is 0. The van der Waals surface area contributed by atoms with Crippen LogP contribution in [0.1, 0.15) is 41.3 Å². The average Bonchev–Trinajstić information content (AvgIpc) is 2.25. The fourth-order valence-corrected chi connectivity index (χ4v) is 2.29. The third-order valence-corrected chi connectivity index (χ3v) is 3.62. The van der Waals surface area contributed by atoms with Crippen molar-refractivity contribution >= 4 is 5.78 Å². The number of hydrogen-bond acceptors (Lipinski definition) is 3. The predicted molar refractivity (Wildman–Crippen MR) is 72.5 cm³/mol. The second-order valence-corrected chi connectivity index (χ2v) is 5.28. The molecule has 0 bridgehead atoms. The van der Waals surface area contributed by atoms with Crippen LogP contribution in [0.25, 0.3) is 0 Å². The first-order valence-corrected chi connectivity index (χ1v) is 6.48. The van der Waals surface area contributed by atoms with Gasteiger partial charge in [0.15, 0.2) is 5.78 Å². The standard InChI is InChI=1S/C15H21NO2/c1-9(2)12-6-13(10(3)5-14(12)18-4)15(17)11-7-16-8-11/h5-6,9,11,16H,7-8H2,1-4H3. The van der Waals surface area contributed by atoms with Gasteiger partial charge >= 0.3 is 0 Å². The van der Waals surface area contributed by atoms with Gasteiger partial charge in [0.05, 0.1) is 7.11 Å². The van der Waals surface area contributed by atoms with E-state index in [4.69, 9.17) is 4.74 Å². The smallest absolute Gasteiger partial charge is 0.168 e. The summed E-state index contributed by atoms with van der Waals surface area (Å²) in [4.78, 5) is 12.3. The molecule has 0 aliphatic carbocycles. The normalized spacial score (nSPS) is 15.6. The second-order valence-electron chi connectivity index (χ2n) is 5.28. The number of hydrogen-bond donors (Lipinski definition) is 1. The van der Waals surface area contributed by atoms with E-state index in [1.807, 2.05) is 19.1 Å². The van der Waals surface area contributed by atoms with Gasteiger partial charge in [0.1, 0.15) is 5.75 Å². The van der Waals surface area contributed by atoms with Gasteiger partial charge in [-0.1, -0.05) is 13.8 Å². The molecule has 18 heavy (non-hydrogen) atoms. The highest BCUT2D eigenvalue weighted by molar-refractivity contribution is 6.00. The Morgan fingerprint density at radius 1 is 1.39 bits per heavy atom. The molecule has 0 amide bonds. The van der Waals surface area contributed by atoms with Crippen LogP contribution in [-0.2, 0) is 0 Å². The monoisotopic (exact) mass is 247 g/mol. The van der Waals surface area contributed by atoms with Crippen molar-refractivity contribution in [2.24, 2.45) is 5.92 Å². The SMILES string of the molecule is COc1cc(C)c(C(=O)C2CNC2)cc1C(C)C. The van der Waals surface area contributed by atoms with Gasteiger partial charge in [-0.05, 0) is 36.1 Å². The van der Waals surface area contributed by atoms with Gasteiger partial charge in [-0.3, -0.25) is 4.79 Å². The molecule has 1 saturated heterocycles. The Bertz CT molecular complexity index is 462. The molecule has 0 radical (unpaired) electrons. The van der Waals surface area contributed by atoms with E-state index in [9.17, 15) is 4.79 Å². The number of carbonyl (C=O) groups excluding carboxylic acids is 1. The van der Waals surface area contributed by atoms with E-state index in [1.54, 1.807) is 7.11 Å². The van der Waals surface area contributed by atoms with E-state index < -0.39 is 0 Å². The Hall–Kier alpha value is -1.35. The first-order chi connectivity index (χ1) is 8.54. The Morgan fingerprint density at radius 3 is 2.50 bits per heavy atom. The fourth-order valence-electron chi connectivity index (χ4n) is 2.29. The number of Topliss-reactive ketones (excluding diaryl/α,β-unsaturated/α-hetero) is 1. The minimum atomic E-state index is 0.150. The van der Waals surface area contributed by atoms with Gasteiger partial charge in [0.25, 0.3) is 0 Å². The molecule has 1 aromatic carbocycles. The van der Waals surface area contributed by atoms with Crippen LogP contribution in [0.2, 0.25) is 0 Å². The van der Waals surface area contributed by atoms with Gasteiger partial charge in [0.2, 0.25) is 0 Å². The zero-order valence-electron chi connectivity index (χ0n) is 11.5. The lowest BCUT2D eigenvalue weighted by Crippen LogP contribution is -2.46. The number of ketones is 1. The van der Waals surface area contributed by atoms with E-state index in [0.29, 0.717) is 5.92 Å². The summed E-state index contributed by atoms with van der Waals surface area (Å²) in [6.45, 7) is 7.83. The molecule has 1 aromatic rings. The Kier molecular flexibility index (Phi) is 3.71. The van der Waals surface area contributed by atoms with Gasteiger partial charge in [-0.2, -0.15) is 0 Å². The summed E-state index contributed by atoms with van der Waals surface area (Å²) in [5.41, 5.74) is 2.97. The van der Waals surface area contributed by atoms with Gasteiger partial charge in [-0.25, -0.2) is 0 Å². The van der Waals surface area contributed by atoms with Crippen LogP contribution in [0.5, 0.6) is 5.75 Å². The largest absolute Gasteiger partial charge is 0.496 e. The highest BCUT2D eigenvalue weighted by Gasteiger charge is 2.27.